The number of nitrogens with zero attached hydrogens (tertiary/aromatic N) is 2. The van der Waals surface area contributed by atoms with Gasteiger partial charge in [0.25, 0.3) is 11.6 Å². The number of fused-ring (bicyclic) bond motifs is 1. The predicted molar refractivity (Wildman–Crippen MR) is 50.4 cm³/mol. The molecule has 2 aromatic rings. The molecule has 2 heterocycles. The summed E-state index contributed by atoms with van der Waals surface area (Å²) >= 11 is 0. The molecule has 0 bridgehead atoms. The topological polar surface area (TPSA) is 83.7 Å². The zero-order valence-corrected chi connectivity index (χ0v) is 7.92. The molecule has 0 spiro atoms. The summed E-state index contributed by atoms with van der Waals surface area (Å²) < 4.78 is 5.13. The van der Waals surface area contributed by atoms with E-state index in [2.05, 4.69) is 19.9 Å². The van der Waals surface area contributed by atoms with Crippen LogP contribution in [0.2, 0.25) is 0 Å². The van der Waals surface area contributed by atoms with Gasteiger partial charge in [-0.15, -0.1) is 0 Å². The molecule has 2 N–H and O–H groups in total. The van der Waals surface area contributed by atoms with E-state index in [-0.39, 0.29) is 5.56 Å². The maximum atomic E-state index is 11.4. The van der Waals surface area contributed by atoms with Gasteiger partial charge in [-0.05, 0) is 13.8 Å². The second kappa shape index (κ2) is 3.13. The Morgan fingerprint density at radius 1 is 1.36 bits per heavy atom. The summed E-state index contributed by atoms with van der Waals surface area (Å²) in [5, 5.41) is 0. The van der Waals surface area contributed by atoms with Crippen molar-refractivity contribution in [3.8, 4) is 6.01 Å². The first-order valence-electron chi connectivity index (χ1n) is 4.30. The van der Waals surface area contributed by atoms with Gasteiger partial charge in [-0.3, -0.25) is 4.79 Å². The number of H-pyrrole nitrogens is 2. The van der Waals surface area contributed by atoms with Crippen LogP contribution in [-0.2, 0) is 0 Å². The number of aromatic amines is 2. The van der Waals surface area contributed by atoms with Crippen molar-refractivity contribution in [3.05, 3.63) is 16.2 Å². The van der Waals surface area contributed by atoms with Gasteiger partial charge < -0.3 is 14.7 Å². The van der Waals surface area contributed by atoms with Crippen molar-refractivity contribution >= 4 is 11.2 Å². The summed E-state index contributed by atoms with van der Waals surface area (Å²) in [7, 11) is 0. The highest BCUT2D eigenvalue weighted by Crippen LogP contribution is 2.09. The highest BCUT2D eigenvalue weighted by Gasteiger charge is 2.08. The lowest BCUT2D eigenvalue weighted by Crippen LogP contribution is -2.09. The molecular weight excluding hydrogens is 184 g/mol. The third kappa shape index (κ3) is 1.34. The summed E-state index contributed by atoms with van der Waals surface area (Å²) in [6.07, 6.45) is 0. The number of hydrogen-bond donors (Lipinski definition) is 2. The average molecular weight is 194 g/mol. The van der Waals surface area contributed by atoms with E-state index in [9.17, 15) is 4.79 Å². The van der Waals surface area contributed by atoms with Gasteiger partial charge in [0.05, 0.1) is 6.61 Å². The van der Waals surface area contributed by atoms with E-state index in [4.69, 9.17) is 4.74 Å². The number of nitrogens with one attached hydrogen (secondary N) is 2. The average Bonchev–Trinajstić information content (AvgIpc) is 2.48. The SMILES string of the molecule is CCOc1nc2nc(C)[nH]c(=O)c2[nH]1. The molecule has 0 atom stereocenters. The summed E-state index contributed by atoms with van der Waals surface area (Å²) in [5.74, 6) is 0.539. The fourth-order valence-corrected chi connectivity index (χ4v) is 1.20. The van der Waals surface area contributed by atoms with E-state index in [1.54, 1.807) is 6.92 Å². The largest absolute Gasteiger partial charge is 0.465 e. The second-order valence-electron chi connectivity index (χ2n) is 2.82. The van der Waals surface area contributed by atoms with Crippen LogP contribution in [0.3, 0.4) is 0 Å². The van der Waals surface area contributed by atoms with E-state index >= 15 is 0 Å². The maximum absolute atomic E-state index is 11.4. The van der Waals surface area contributed by atoms with E-state index in [1.807, 2.05) is 6.92 Å². The third-order valence-electron chi connectivity index (χ3n) is 1.74. The first-order chi connectivity index (χ1) is 6.70. The number of hydrogen-bond acceptors (Lipinski definition) is 4. The molecule has 0 radical (unpaired) electrons. The molecule has 74 valence electrons. The molecule has 0 amide bonds. The standard InChI is InChI=1S/C8H10N4O2/c1-3-14-8-11-5-6(12-8)9-4(2)10-7(5)13/h3H2,1-2H3,(H2,9,10,11,12,13). The Bertz CT molecular complexity index is 514. The monoisotopic (exact) mass is 194 g/mol. The van der Waals surface area contributed by atoms with Crippen LogP contribution in [0.15, 0.2) is 4.79 Å². The van der Waals surface area contributed by atoms with Crippen LogP contribution in [0.5, 0.6) is 6.01 Å². The fraction of sp³-hybridized carbons (Fsp3) is 0.375. The zero-order valence-electron chi connectivity index (χ0n) is 7.92. The van der Waals surface area contributed by atoms with Crippen molar-refractivity contribution in [3.63, 3.8) is 0 Å². The number of aryl methyl sites for hydroxylation is 1. The Balaban J connectivity index is 2.65. The van der Waals surface area contributed by atoms with Gasteiger partial charge in [0.1, 0.15) is 5.82 Å². The lowest BCUT2D eigenvalue weighted by atomic mass is 10.5. The van der Waals surface area contributed by atoms with Crippen molar-refractivity contribution in [2.45, 2.75) is 13.8 Å². The summed E-state index contributed by atoms with van der Waals surface area (Å²) in [4.78, 5) is 24.8. The van der Waals surface area contributed by atoms with Gasteiger partial charge >= 0.3 is 0 Å². The molecule has 0 saturated heterocycles. The quantitative estimate of drug-likeness (QED) is 0.722. The Kier molecular flexibility index (Phi) is 1.95. The Morgan fingerprint density at radius 3 is 2.86 bits per heavy atom. The highest BCUT2D eigenvalue weighted by atomic mass is 16.5. The van der Waals surface area contributed by atoms with Crippen molar-refractivity contribution < 1.29 is 4.74 Å². The second-order valence-corrected chi connectivity index (χ2v) is 2.82. The number of rotatable bonds is 2. The van der Waals surface area contributed by atoms with Crippen LogP contribution in [-0.4, -0.2) is 26.5 Å². The van der Waals surface area contributed by atoms with Gasteiger partial charge in [-0.1, -0.05) is 0 Å². The Morgan fingerprint density at radius 2 is 2.14 bits per heavy atom. The minimum atomic E-state index is -0.231. The molecular formula is C8H10N4O2. The molecule has 0 saturated carbocycles. The van der Waals surface area contributed by atoms with Crippen LogP contribution >= 0.6 is 0 Å². The van der Waals surface area contributed by atoms with Gasteiger partial charge in [0, 0.05) is 0 Å². The smallest absolute Gasteiger partial charge is 0.296 e. The molecule has 14 heavy (non-hydrogen) atoms. The first kappa shape index (κ1) is 8.74. The Labute approximate surface area is 79.4 Å². The number of aromatic nitrogens is 4. The lowest BCUT2D eigenvalue weighted by Gasteiger charge is -1.92. The lowest BCUT2D eigenvalue weighted by molar-refractivity contribution is 0.317. The molecule has 2 aromatic heterocycles. The normalized spacial score (nSPS) is 10.7. The predicted octanol–water partition coefficient (Wildman–Crippen LogP) is 0.353. The summed E-state index contributed by atoms with van der Waals surface area (Å²) in [5.41, 5.74) is 0.500. The van der Waals surface area contributed by atoms with Crippen molar-refractivity contribution in [2.75, 3.05) is 6.61 Å². The van der Waals surface area contributed by atoms with Crippen LogP contribution in [0.25, 0.3) is 11.2 Å². The van der Waals surface area contributed by atoms with Gasteiger partial charge in [-0.2, -0.15) is 4.98 Å². The molecule has 6 nitrogen and oxygen atoms in total. The van der Waals surface area contributed by atoms with E-state index in [0.717, 1.165) is 0 Å². The molecule has 2 rings (SSSR count). The fourth-order valence-electron chi connectivity index (χ4n) is 1.20. The molecule has 0 fully saturated rings. The minimum absolute atomic E-state index is 0.231. The van der Waals surface area contributed by atoms with Gasteiger partial charge in [-0.25, -0.2) is 4.98 Å². The highest BCUT2D eigenvalue weighted by molar-refractivity contribution is 5.69. The molecule has 0 aromatic carbocycles. The van der Waals surface area contributed by atoms with Crippen LogP contribution < -0.4 is 10.3 Å². The minimum Gasteiger partial charge on any atom is -0.465 e. The van der Waals surface area contributed by atoms with Gasteiger partial charge in [0.15, 0.2) is 11.2 Å². The number of imidazole rings is 1. The zero-order chi connectivity index (χ0) is 10.1. The van der Waals surface area contributed by atoms with Gasteiger partial charge in [0.2, 0.25) is 0 Å². The van der Waals surface area contributed by atoms with E-state index < -0.39 is 0 Å². The van der Waals surface area contributed by atoms with Crippen molar-refractivity contribution in [2.24, 2.45) is 0 Å². The molecule has 0 aliphatic heterocycles. The maximum Gasteiger partial charge on any atom is 0.296 e. The molecule has 0 aliphatic rings. The van der Waals surface area contributed by atoms with Crippen LogP contribution in [0, 0.1) is 6.92 Å². The van der Waals surface area contributed by atoms with Crippen LogP contribution in [0.4, 0.5) is 0 Å². The van der Waals surface area contributed by atoms with Crippen molar-refractivity contribution in [1.29, 1.82) is 0 Å². The summed E-state index contributed by atoms with van der Waals surface area (Å²) in [6, 6.07) is 0.325. The summed E-state index contributed by atoms with van der Waals surface area (Å²) in [6.45, 7) is 4.04. The van der Waals surface area contributed by atoms with E-state index in [1.165, 1.54) is 0 Å². The molecule has 0 aliphatic carbocycles. The molecule has 0 unspecified atom stereocenters. The molecule has 6 heteroatoms. The van der Waals surface area contributed by atoms with Crippen LogP contribution in [0.1, 0.15) is 12.7 Å². The van der Waals surface area contributed by atoms with Crippen molar-refractivity contribution in [1.82, 2.24) is 19.9 Å². The Hall–Kier alpha value is -1.85. The third-order valence-corrected chi connectivity index (χ3v) is 1.74. The first-order valence-corrected chi connectivity index (χ1v) is 4.30. The number of ether oxygens (including phenoxy) is 1. The van der Waals surface area contributed by atoms with E-state index in [0.29, 0.717) is 29.6 Å².